The molecule has 1 N–H and O–H groups in total. The monoisotopic (exact) mass is 265 g/mol. The highest BCUT2D eigenvalue weighted by atomic mass is 14.9. The van der Waals surface area contributed by atoms with Crippen LogP contribution >= 0.6 is 0 Å². The van der Waals surface area contributed by atoms with Crippen LogP contribution in [-0.4, -0.2) is 6.04 Å². The van der Waals surface area contributed by atoms with Crippen LogP contribution in [-0.2, 0) is 12.8 Å². The fourth-order valence-corrected chi connectivity index (χ4v) is 3.02. The molecule has 1 nitrogen and oxygen atoms in total. The summed E-state index contributed by atoms with van der Waals surface area (Å²) in [5.41, 5.74) is 8.41. The normalized spacial score (nSPS) is 17.4. The highest BCUT2D eigenvalue weighted by Crippen LogP contribution is 2.27. The first-order chi connectivity index (χ1) is 9.61. The third-order valence-corrected chi connectivity index (χ3v) is 4.32. The first-order valence-electron chi connectivity index (χ1n) is 7.56. The highest BCUT2D eigenvalue weighted by molar-refractivity contribution is 5.55. The topological polar surface area (TPSA) is 12.0 Å². The van der Waals surface area contributed by atoms with Crippen LogP contribution in [0.4, 0.5) is 5.69 Å². The van der Waals surface area contributed by atoms with Gasteiger partial charge in [0.1, 0.15) is 0 Å². The average Bonchev–Trinajstić information content (AvgIpc) is 2.43. The summed E-state index contributed by atoms with van der Waals surface area (Å²) in [4.78, 5) is 0. The number of nitrogens with one attached hydrogen (secondary N) is 1. The lowest BCUT2D eigenvalue weighted by Gasteiger charge is -2.24. The summed E-state index contributed by atoms with van der Waals surface area (Å²) in [5.74, 6) is 0. The van der Waals surface area contributed by atoms with E-state index >= 15 is 0 Å². The van der Waals surface area contributed by atoms with E-state index in [-0.39, 0.29) is 0 Å². The largest absolute Gasteiger partial charge is 0.382 e. The smallest absolute Gasteiger partial charge is 0.0374 e. The Hall–Kier alpha value is -1.76. The van der Waals surface area contributed by atoms with Crippen molar-refractivity contribution in [2.75, 3.05) is 5.32 Å². The lowest BCUT2D eigenvalue weighted by atomic mass is 9.93. The van der Waals surface area contributed by atoms with Gasteiger partial charge in [-0.1, -0.05) is 35.9 Å². The van der Waals surface area contributed by atoms with E-state index in [1.54, 1.807) is 0 Å². The Bertz CT molecular complexity index is 628. The van der Waals surface area contributed by atoms with Crippen molar-refractivity contribution in [3.05, 3.63) is 64.2 Å². The number of fused-ring (bicyclic) bond motifs is 1. The molecule has 0 amide bonds. The van der Waals surface area contributed by atoms with Crippen molar-refractivity contribution in [1.29, 1.82) is 0 Å². The molecule has 0 saturated carbocycles. The molecule has 0 radical (unpaired) electrons. The molecule has 1 heterocycles. The standard InChI is InChI=1S/C19H23N/c1-13-4-5-14(2)18(10-13)12-16-7-9-19-17(11-16)8-6-15(3)20-19/h4-5,7,9-11,15,20H,6,8,12H2,1-3H3. The van der Waals surface area contributed by atoms with E-state index in [1.807, 2.05) is 0 Å². The van der Waals surface area contributed by atoms with Gasteiger partial charge in [0, 0.05) is 11.7 Å². The van der Waals surface area contributed by atoms with Crippen LogP contribution in [0.5, 0.6) is 0 Å². The molecule has 104 valence electrons. The molecule has 2 aromatic carbocycles. The van der Waals surface area contributed by atoms with Gasteiger partial charge in [-0.25, -0.2) is 0 Å². The van der Waals surface area contributed by atoms with E-state index in [4.69, 9.17) is 0 Å². The van der Waals surface area contributed by atoms with Crippen LogP contribution in [0.2, 0.25) is 0 Å². The molecule has 1 aliphatic rings. The number of aryl methyl sites for hydroxylation is 3. The van der Waals surface area contributed by atoms with Crippen LogP contribution in [0.1, 0.15) is 41.2 Å². The van der Waals surface area contributed by atoms with E-state index in [9.17, 15) is 0 Å². The molecule has 1 heteroatoms. The fraction of sp³-hybridized carbons (Fsp3) is 0.368. The molecule has 0 fully saturated rings. The van der Waals surface area contributed by atoms with E-state index in [2.05, 4.69) is 62.5 Å². The molecular weight excluding hydrogens is 242 g/mol. The van der Waals surface area contributed by atoms with Gasteiger partial charge in [0.05, 0.1) is 0 Å². The predicted molar refractivity (Wildman–Crippen MR) is 86.6 cm³/mol. The molecule has 0 bridgehead atoms. The number of benzene rings is 2. The molecule has 0 aromatic heterocycles. The van der Waals surface area contributed by atoms with Crippen molar-refractivity contribution in [3.8, 4) is 0 Å². The Morgan fingerprint density at radius 1 is 1.10 bits per heavy atom. The number of rotatable bonds is 2. The Morgan fingerprint density at radius 2 is 1.95 bits per heavy atom. The predicted octanol–water partition coefficient (Wildman–Crippen LogP) is 4.64. The maximum absolute atomic E-state index is 3.57. The molecule has 3 rings (SSSR count). The maximum Gasteiger partial charge on any atom is 0.0374 e. The maximum atomic E-state index is 3.57. The zero-order valence-corrected chi connectivity index (χ0v) is 12.7. The average molecular weight is 265 g/mol. The van der Waals surface area contributed by atoms with Crippen molar-refractivity contribution < 1.29 is 0 Å². The lowest BCUT2D eigenvalue weighted by molar-refractivity contribution is 0.680. The summed E-state index contributed by atoms with van der Waals surface area (Å²) in [5, 5.41) is 3.57. The van der Waals surface area contributed by atoms with Crippen molar-refractivity contribution in [3.63, 3.8) is 0 Å². The molecule has 1 aliphatic heterocycles. The zero-order chi connectivity index (χ0) is 14.1. The number of anilines is 1. The summed E-state index contributed by atoms with van der Waals surface area (Å²) in [6.45, 7) is 6.63. The van der Waals surface area contributed by atoms with E-state index < -0.39 is 0 Å². The Balaban J connectivity index is 1.86. The van der Waals surface area contributed by atoms with Crippen molar-refractivity contribution in [1.82, 2.24) is 0 Å². The lowest BCUT2D eigenvalue weighted by Crippen LogP contribution is -2.21. The summed E-state index contributed by atoms with van der Waals surface area (Å²) >= 11 is 0. The molecule has 20 heavy (non-hydrogen) atoms. The van der Waals surface area contributed by atoms with Gasteiger partial charge in [-0.05, 0) is 68.4 Å². The summed E-state index contributed by atoms with van der Waals surface area (Å²) in [6.07, 6.45) is 3.47. The second-order valence-corrected chi connectivity index (χ2v) is 6.18. The first-order valence-corrected chi connectivity index (χ1v) is 7.56. The van der Waals surface area contributed by atoms with Gasteiger partial charge in [-0.2, -0.15) is 0 Å². The van der Waals surface area contributed by atoms with Crippen molar-refractivity contribution in [2.45, 2.75) is 46.1 Å². The summed E-state index contributed by atoms with van der Waals surface area (Å²) < 4.78 is 0. The van der Waals surface area contributed by atoms with E-state index in [0.717, 1.165) is 6.42 Å². The highest BCUT2D eigenvalue weighted by Gasteiger charge is 2.14. The minimum absolute atomic E-state index is 0.604. The van der Waals surface area contributed by atoms with Crippen molar-refractivity contribution >= 4 is 5.69 Å². The summed E-state index contributed by atoms with van der Waals surface area (Å²) in [6, 6.07) is 14.2. The second-order valence-electron chi connectivity index (χ2n) is 6.18. The Labute approximate surface area is 122 Å². The molecule has 1 unspecified atom stereocenters. The SMILES string of the molecule is Cc1ccc(C)c(Cc2ccc3c(c2)CCC(C)N3)c1. The fourth-order valence-electron chi connectivity index (χ4n) is 3.02. The second kappa shape index (κ2) is 5.32. The molecule has 0 saturated heterocycles. The van der Waals surface area contributed by atoms with Crippen molar-refractivity contribution in [2.24, 2.45) is 0 Å². The van der Waals surface area contributed by atoms with Gasteiger partial charge in [-0.15, -0.1) is 0 Å². The molecule has 0 spiro atoms. The van der Waals surface area contributed by atoms with Gasteiger partial charge < -0.3 is 5.32 Å². The summed E-state index contributed by atoms with van der Waals surface area (Å²) in [7, 11) is 0. The van der Waals surface area contributed by atoms with Gasteiger partial charge in [0.2, 0.25) is 0 Å². The van der Waals surface area contributed by atoms with Crippen LogP contribution < -0.4 is 5.32 Å². The van der Waals surface area contributed by atoms with Crippen LogP contribution in [0, 0.1) is 13.8 Å². The first kappa shape index (κ1) is 13.2. The number of hydrogen-bond donors (Lipinski definition) is 1. The van der Waals surface area contributed by atoms with E-state index in [0.29, 0.717) is 6.04 Å². The Kier molecular flexibility index (Phi) is 3.52. The molecule has 2 aromatic rings. The van der Waals surface area contributed by atoms with E-state index in [1.165, 1.54) is 46.3 Å². The molecule has 1 atom stereocenters. The van der Waals surface area contributed by atoms with Gasteiger partial charge in [0.15, 0.2) is 0 Å². The molecular formula is C19H23N. The van der Waals surface area contributed by atoms with Crippen LogP contribution in [0.25, 0.3) is 0 Å². The van der Waals surface area contributed by atoms with Gasteiger partial charge in [-0.3, -0.25) is 0 Å². The third-order valence-electron chi connectivity index (χ3n) is 4.32. The quantitative estimate of drug-likeness (QED) is 0.834. The Morgan fingerprint density at radius 3 is 2.80 bits per heavy atom. The van der Waals surface area contributed by atoms with Gasteiger partial charge >= 0.3 is 0 Å². The van der Waals surface area contributed by atoms with Crippen LogP contribution in [0.3, 0.4) is 0 Å². The number of hydrogen-bond acceptors (Lipinski definition) is 1. The zero-order valence-electron chi connectivity index (χ0n) is 12.7. The third kappa shape index (κ3) is 2.72. The van der Waals surface area contributed by atoms with Crippen LogP contribution in [0.15, 0.2) is 36.4 Å². The van der Waals surface area contributed by atoms with Gasteiger partial charge in [0.25, 0.3) is 0 Å². The molecule has 0 aliphatic carbocycles. The minimum Gasteiger partial charge on any atom is -0.382 e. The minimum atomic E-state index is 0.604.